The van der Waals surface area contributed by atoms with Gasteiger partial charge in [0, 0.05) is 63.3 Å². The number of hydrogen-bond donors (Lipinski definition) is 0. The van der Waals surface area contributed by atoms with Gasteiger partial charge in [-0.05, 0) is 49.1 Å². The van der Waals surface area contributed by atoms with Crippen LogP contribution in [0, 0.1) is 0 Å². The first-order chi connectivity index (χ1) is 18.7. The number of halogens is 3. The fraction of sp³-hybridized carbons (Fsp3) is 0.429. The number of aromatic nitrogens is 3. The zero-order chi connectivity index (χ0) is 27.6. The number of amides is 2. The molecule has 1 aromatic carbocycles. The number of fused-ring (bicyclic) bond motifs is 3. The van der Waals surface area contributed by atoms with Crippen LogP contribution in [-0.2, 0) is 35.4 Å². The number of pyridine rings is 1. The van der Waals surface area contributed by atoms with Crippen LogP contribution in [0.5, 0.6) is 0 Å². The molecule has 0 N–H and O–H groups in total. The predicted molar refractivity (Wildman–Crippen MR) is 138 cm³/mol. The van der Waals surface area contributed by atoms with Crippen molar-refractivity contribution in [2.24, 2.45) is 0 Å². The van der Waals surface area contributed by atoms with Gasteiger partial charge in [-0.25, -0.2) is 0 Å². The van der Waals surface area contributed by atoms with Gasteiger partial charge in [0.25, 0.3) is 0 Å². The van der Waals surface area contributed by atoms with Crippen LogP contribution in [0.25, 0.3) is 0 Å². The predicted octanol–water partition coefficient (Wildman–Crippen LogP) is 4.12. The molecule has 1 fully saturated rings. The summed E-state index contributed by atoms with van der Waals surface area (Å²) in [5.41, 5.74) is 1.45. The molecule has 0 aliphatic carbocycles. The summed E-state index contributed by atoms with van der Waals surface area (Å²) in [4.78, 5) is 36.7. The first kappa shape index (κ1) is 26.9. The van der Waals surface area contributed by atoms with E-state index in [-0.39, 0.29) is 37.0 Å². The minimum absolute atomic E-state index is 0.0420. The van der Waals surface area contributed by atoms with Crippen LogP contribution < -0.4 is 4.90 Å². The largest absolute Gasteiger partial charge is 0.435 e. The van der Waals surface area contributed by atoms with Gasteiger partial charge in [-0.2, -0.15) is 18.3 Å². The van der Waals surface area contributed by atoms with Gasteiger partial charge in [-0.3, -0.25) is 24.2 Å². The molecule has 0 radical (unpaired) electrons. The minimum atomic E-state index is -4.58. The highest BCUT2D eigenvalue weighted by atomic mass is 19.4. The molecule has 5 rings (SSSR count). The van der Waals surface area contributed by atoms with Crippen LogP contribution in [0.4, 0.5) is 18.9 Å². The summed E-state index contributed by atoms with van der Waals surface area (Å²) < 4.78 is 40.3. The summed E-state index contributed by atoms with van der Waals surface area (Å²) in [6.45, 7) is 3.02. The Morgan fingerprint density at radius 1 is 1.00 bits per heavy atom. The maximum absolute atomic E-state index is 13.6. The zero-order valence-corrected chi connectivity index (χ0v) is 21.7. The lowest BCUT2D eigenvalue weighted by Gasteiger charge is -2.33. The van der Waals surface area contributed by atoms with E-state index >= 15 is 0 Å². The van der Waals surface area contributed by atoms with Gasteiger partial charge in [0.15, 0.2) is 5.69 Å². The molecule has 11 heteroatoms. The summed E-state index contributed by atoms with van der Waals surface area (Å²) >= 11 is 0. The van der Waals surface area contributed by atoms with Crippen LogP contribution in [0.2, 0.25) is 0 Å². The Morgan fingerprint density at radius 3 is 2.49 bits per heavy atom. The van der Waals surface area contributed by atoms with Gasteiger partial charge in [0.2, 0.25) is 11.8 Å². The SMILES string of the molecule is CC(=O)N1CC[C@@H]2CC[C@H](CN(C(=O)Cn3ccc(C(F)(F)F)n3)Cc3ccccc31)N2Cc1ccccn1. The molecule has 2 aromatic heterocycles. The lowest BCUT2D eigenvalue weighted by molar-refractivity contribution is -0.142. The molecule has 39 heavy (non-hydrogen) atoms. The standard InChI is InChI=1S/C28H31F3N6O2/c1-20(38)36-15-11-23-9-10-24(37(23)17-22-7-4-5-13-32-22)18-34(16-21-6-2-3-8-25(21)36)27(39)19-35-14-12-26(33-35)28(29,30)31/h2-8,12-14,23-24H,9-11,15-19H2,1H3/t23-,24+/m0/s1. The van der Waals surface area contributed by atoms with Crippen molar-refractivity contribution in [3.05, 3.63) is 77.9 Å². The smallest absolute Gasteiger partial charge is 0.335 e. The zero-order valence-electron chi connectivity index (χ0n) is 21.7. The highest BCUT2D eigenvalue weighted by Crippen LogP contribution is 2.32. The Balaban J connectivity index is 1.48. The average Bonchev–Trinajstić information content (AvgIpc) is 3.51. The van der Waals surface area contributed by atoms with Gasteiger partial charge in [0.05, 0.1) is 5.69 Å². The molecule has 206 valence electrons. The highest BCUT2D eigenvalue weighted by Gasteiger charge is 2.37. The van der Waals surface area contributed by atoms with Crippen molar-refractivity contribution in [1.82, 2.24) is 24.6 Å². The van der Waals surface area contributed by atoms with Crippen molar-refractivity contribution < 1.29 is 22.8 Å². The molecular formula is C28H31F3N6O2. The molecule has 1 saturated heterocycles. The number of anilines is 1. The van der Waals surface area contributed by atoms with E-state index in [2.05, 4.69) is 15.0 Å². The second-order valence-corrected chi connectivity index (χ2v) is 10.1. The van der Waals surface area contributed by atoms with E-state index < -0.39 is 11.9 Å². The van der Waals surface area contributed by atoms with Crippen molar-refractivity contribution in [1.29, 1.82) is 0 Å². The fourth-order valence-corrected chi connectivity index (χ4v) is 5.65. The third kappa shape index (κ3) is 6.13. The highest BCUT2D eigenvalue weighted by molar-refractivity contribution is 5.92. The summed E-state index contributed by atoms with van der Waals surface area (Å²) in [6.07, 6.45) is 0.913. The number of para-hydroxylation sites is 1. The first-order valence-corrected chi connectivity index (χ1v) is 13.1. The fourth-order valence-electron chi connectivity index (χ4n) is 5.65. The van der Waals surface area contributed by atoms with Crippen molar-refractivity contribution in [2.75, 3.05) is 18.0 Å². The molecule has 4 heterocycles. The van der Waals surface area contributed by atoms with Gasteiger partial charge in [-0.15, -0.1) is 0 Å². The maximum atomic E-state index is 13.6. The van der Waals surface area contributed by atoms with Gasteiger partial charge in [0.1, 0.15) is 6.54 Å². The normalized spacial score (nSPS) is 20.4. The lowest BCUT2D eigenvalue weighted by Crippen LogP contribution is -2.45. The molecule has 2 amide bonds. The Morgan fingerprint density at radius 2 is 1.77 bits per heavy atom. The molecule has 2 aliphatic heterocycles. The number of alkyl halides is 3. The summed E-state index contributed by atoms with van der Waals surface area (Å²) in [5.74, 6) is -0.418. The summed E-state index contributed by atoms with van der Waals surface area (Å²) in [6, 6.07) is 14.4. The molecule has 8 nitrogen and oxygen atoms in total. The van der Waals surface area contributed by atoms with E-state index in [4.69, 9.17) is 0 Å². The Hall–Kier alpha value is -3.73. The monoisotopic (exact) mass is 540 g/mol. The molecule has 2 bridgehead atoms. The number of carbonyl (C=O) groups is 2. The molecule has 2 aliphatic rings. The van der Waals surface area contributed by atoms with Crippen molar-refractivity contribution in [2.45, 2.75) is 64.1 Å². The molecule has 2 atom stereocenters. The average molecular weight is 541 g/mol. The number of hydrogen-bond acceptors (Lipinski definition) is 5. The summed E-state index contributed by atoms with van der Waals surface area (Å²) in [7, 11) is 0. The van der Waals surface area contributed by atoms with Crippen LogP contribution in [0.1, 0.15) is 43.1 Å². The Labute approximate surface area is 225 Å². The van der Waals surface area contributed by atoms with Crippen LogP contribution in [0.3, 0.4) is 0 Å². The van der Waals surface area contributed by atoms with Gasteiger partial charge in [-0.1, -0.05) is 24.3 Å². The van der Waals surface area contributed by atoms with Crippen LogP contribution in [0.15, 0.2) is 60.9 Å². The molecular weight excluding hydrogens is 509 g/mol. The number of benzene rings is 1. The van der Waals surface area contributed by atoms with Crippen LogP contribution >= 0.6 is 0 Å². The second-order valence-electron chi connectivity index (χ2n) is 10.1. The van der Waals surface area contributed by atoms with E-state index in [0.29, 0.717) is 19.6 Å². The Kier molecular flexibility index (Phi) is 7.69. The number of carbonyl (C=O) groups excluding carboxylic acids is 2. The topological polar surface area (TPSA) is 74.6 Å². The minimum Gasteiger partial charge on any atom is -0.335 e. The second kappa shape index (κ2) is 11.2. The van der Waals surface area contributed by atoms with Gasteiger partial charge < -0.3 is 9.80 Å². The molecule has 0 saturated carbocycles. The number of nitrogens with zero attached hydrogens (tertiary/aromatic N) is 6. The van der Waals surface area contributed by atoms with E-state index in [9.17, 15) is 22.8 Å². The van der Waals surface area contributed by atoms with Crippen molar-refractivity contribution >= 4 is 17.5 Å². The third-order valence-corrected chi connectivity index (χ3v) is 7.56. The number of rotatable bonds is 4. The van der Waals surface area contributed by atoms with E-state index in [1.165, 1.54) is 6.20 Å². The van der Waals surface area contributed by atoms with Crippen LogP contribution in [-0.4, -0.2) is 61.6 Å². The quantitative estimate of drug-likeness (QED) is 0.498. The molecule has 0 spiro atoms. The first-order valence-electron chi connectivity index (χ1n) is 13.1. The molecule has 0 unspecified atom stereocenters. The van der Waals surface area contributed by atoms with Gasteiger partial charge >= 0.3 is 6.18 Å². The third-order valence-electron chi connectivity index (χ3n) is 7.56. The van der Waals surface area contributed by atoms with E-state index in [1.807, 2.05) is 42.5 Å². The van der Waals surface area contributed by atoms with E-state index in [1.54, 1.807) is 22.9 Å². The molecule has 3 aromatic rings. The summed E-state index contributed by atoms with van der Waals surface area (Å²) in [5, 5.41) is 3.58. The van der Waals surface area contributed by atoms with Crippen molar-refractivity contribution in [3.63, 3.8) is 0 Å². The van der Waals surface area contributed by atoms with E-state index in [0.717, 1.165) is 47.0 Å². The Bertz CT molecular complexity index is 1310. The lowest BCUT2D eigenvalue weighted by atomic mass is 10.1. The maximum Gasteiger partial charge on any atom is 0.435 e. The van der Waals surface area contributed by atoms with Crippen molar-refractivity contribution in [3.8, 4) is 0 Å².